The lowest BCUT2D eigenvalue weighted by atomic mass is 9.76. The summed E-state index contributed by atoms with van der Waals surface area (Å²) in [7, 11) is 0. The molecule has 2 heterocycles. The fourth-order valence-corrected chi connectivity index (χ4v) is 5.01. The molecule has 2 aromatic rings. The number of aliphatic hydroxyl groups excluding tert-OH is 1. The molecular weight excluding hydrogens is 424 g/mol. The number of β-amino-alcohol motifs (C(OH)–C–C–N with tert-alkyl or cyclic N) is 1. The van der Waals surface area contributed by atoms with Gasteiger partial charge in [0, 0.05) is 12.5 Å². The van der Waals surface area contributed by atoms with E-state index in [1.54, 1.807) is 36.4 Å². The number of ether oxygens (including phenoxy) is 1. The highest BCUT2D eigenvalue weighted by Crippen LogP contribution is 2.50. The summed E-state index contributed by atoms with van der Waals surface area (Å²) in [5.41, 5.74) is -0.210. The summed E-state index contributed by atoms with van der Waals surface area (Å²) >= 11 is 0. The van der Waals surface area contributed by atoms with Crippen molar-refractivity contribution in [2.75, 3.05) is 19.8 Å². The number of carbonyl (C=O) groups is 3. The van der Waals surface area contributed by atoms with Crippen molar-refractivity contribution in [3.05, 3.63) is 65.7 Å². The number of hydrogen-bond donors (Lipinski definition) is 3. The standard InChI is InChI=1S/C25H28N2O6/c1-2-14-33-18-10-8-17(9-11-18)21-19-20(23(30)27(12-13-28)22(19)29)25(26-21,24(31)32)15-16-6-4-3-5-7-16/h3-11,19-21,26,28H,2,12-15H2,1H3,(H,31,32). The Kier molecular flexibility index (Phi) is 6.49. The third-order valence-electron chi connectivity index (χ3n) is 6.49. The second kappa shape index (κ2) is 9.33. The van der Waals surface area contributed by atoms with E-state index in [2.05, 4.69) is 5.32 Å². The molecular formula is C25H28N2O6. The molecule has 0 bridgehead atoms. The topological polar surface area (TPSA) is 116 Å². The Labute approximate surface area is 192 Å². The van der Waals surface area contributed by atoms with Gasteiger partial charge < -0.3 is 14.9 Å². The molecule has 2 aromatic carbocycles. The molecule has 2 aliphatic rings. The van der Waals surface area contributed by atoms with Gasteiger partial charge in [0.1, 0.15) is 11.3 Å². The SMILES string of the molecule is CCCOc1ccc(C2NC(Cc3ccccc3)(C(=O)O)C3C(=O)N(CCO)C(=O)C23)cc1. The molecule has 0 spiro atoms. The van der Waals surface area contributed by atoms with Crippen LogP contribution in [0.5, 0.6) is 5.75 Å². The number of rotatable bonds is 9. The van der Waals surface area contributed by atoms with Crippen molar-refractivity contribution in [1.29, 1.82) is 0 Å². The van der Waals surface area contributed by atoms with Crippen LogP contribution >= 0.6 is 0 Å². The molecule has 0 aliphatic carbocycles. The Morgan fingerprint density at radius 2 is 1.79 bits per heavy atom. The lowest BCUT2D eigenvalue weighted by molar-refractivity contribution is -0.151. The average molecular weight is 453 g/mol. The predicted octanol–water partition coefficient (Wildman–Crippen LogP) is 1.78. The molecule has 4 atom stereocenters. The molecule has 33 heavy (non-hydrogen) atoms. The normalized spacial score (nSPS) is 26.5. The van der Waals surface area contributed by atoms with E-state index >= 15 is 0 Å². The molecule has 2 saturated heterocycles. The lowest BCUT2D eigenvalue weighted by Gasteiger charge is -2.31. The number of imide groups is 1. The zero-order chi connectivity index (χ0) is 23.6. The zero-order valence-electron chi connectivity index (χ0n) is 18.4. The highest BCUT2D eigenvalue weighted by Gasteiger charge is 2.68. The number of carboxylic acids is 1. The molecule has 174 valence electrons. The molecule has 2 amide bonds. The number of nitrogens with one attached hydrogen (secondary N) is 1. The maximum absolute atomic E-state index is 13.3. The molecule has 8 heteroatoms. The summed E-state index contributed by atoms with van der Waals surface area (Å²) in [5.74, 6) is -3.49. The molecule has 0 radical (unpaired) electrons. The van der Waals surface area contributed by atoms with E-state index in [4.69, 9.17) is 4.74 Å². The van der Waals surface area contributed by atoms with Crippen molar-refractivity contribution in [2.24, 2.45) is 11.8 Å². The predicted molar refractivity (Wildman–Crippen MR) is 119 cm³/mol. The summed E-state index contributed by atoms with van der Waals surface area (Å²) in [6.07, 6.45) is 0.915. The Morgan fingerprint density at radius 1 is 1.09 bits per heavy atom. The summed E-state index contributed by atoms with van der Waals surface area (Å²) < 4.78 is 5.63. The molecule has 3 N–H and O–H groups in total. The Balaban J connectivity index is 1.76. The van der Waals surface area contributed by atoms with Crippen LogP contribution in [0.2, 0.25) is 0 Å². The fraction of sp³-hybridized carbons (Fsp3) is 0.400. The van der Waals surface area contributed by atoms with Crippen molar-refractivity contribution >= 4 is 17.8 Å². The lowest BCUT2D eigenvalue weighted by Crippen LogP contribution is -2.57. The van der Waals surface area contributed by atoms with Gasteiger partial charge in [-0.05, 0) is 29.7 Å². The Morgan fingerprint density at radius 3 is 2.39 bits per heavy atom. The number of aliphatic hydroxyl groups is 1. The van der Waals surface area contributed by atoms with Crippen LogP contribution in [0.3, 0.4) is 0 Å². The fourth-order valence-electron chi connectivity index (χ4n) is 5.01. The number of nitrogens with zero attached hydrogens (tertiary/aromatic N) is 1. The number of hydrogen-bond acceptors (Lipinski definition) is 6. The number of benzene rings is 2. The van der Waals surface area contributed by atoms with Gasteiger partial charge in [0.05, 0.1) is 31.6 Å². The Bertz CT molecular complexity index is 1020. The van der Waals surface area contributed by atoms with Crippen molar-refractivity contribution in [3.8, 4) is 5.75 Å². The molecule has 0 aromatic heterocycles. The highest BCUT2D eigenvalue weighted by atomic mass is 16.5. The second-order valence-corrected chi connectivity index (χ2v) is 8.53. The summed E-state index contributed by atoms with van der Waals surface area (Å²) in [6.45, 7) is 2.06. The van der Waals surface area contributed by atoms with E-state index in [1.165, 1.54) is 0 Å². The summed E-state index contributed by atoms with van der Waals surface area (Å²) in [6, 6.07) is 15.6. The van der Waals surface area contributed by atoms with E-state index in [9.17, 15) is 24.6 Å². The van der Waals surface area contributed by atoms with Crippen LogP contribution in [-0.4, -0.2) is 58.2 Å². The van der Waals surface area contributed by atoms with Crippen molar-refractivity contribution in [2.45, 2.75) is 31.3 Å². The molecule has 4 rings (SSSR count). The van der Waals surface area contributed by atoms with E-state index in [0.29, 0.717) is 17.9 Å². The van der Waals surface area contributed by atoms with E-state index in [-0.39, 0.29) is 19.6 Å². The maximum Gasteiger partial charge on any atom is 0.325 e. The van der Waals surface area contributed by atoms with E-state index < -0.39 is 41.2 Å². The molecule has 8 nitrogen and oxygen atoms in total. The minimum Gasteiger partial charge on any atom is -0.494 e. The first-order chi connectivity index (χ1) is 15.9. The highest BCUT2D eigenvalue weighted by molar-refractivity contribution is 6.09. The van der Waals surface area contributed by atoms with Crippen LogP contribution in [0.1, 0.15) is 30.5 Å². The van der Waals surface area contributed by atoms with Gasteiger partial charge in [-0.3, -0.25) is 24.6 Å². The van der Waals surface area contributed by atoms with Gasteiger partial charge >= 0.3 is 5.97 Å². The van der Waals surface area contributed by atoms with Gasteiger partial charge in [-0.25, -0.2) is 0 Å². The molecule has 0 saturated carbocycles. The first kappa shape index (κ1) is 22.9. The van der Waals surface area contributed by atoms with E-state index in [1.807, 2.05) is 25.1 Å². The van der Waals surface area contributed by atoms with Crippen molar-refractivity contribution < 1.29 is 29.3 Å². The summed E-state index contributed by atoms with van der Waals surface area (Å²) in [5, 5.41) is 23.0. The van der Waals surface area contributed by atoms with Crippen LogP contribution in [0.4, 0.5) is 0 Å². The number of fused-ring (bicyclic) bond motifs is 1. The molecule has 2 fully saturated rings. The van der Waals surface area contributed by atoms with E-state index in [0.717, 1.165) is 16.9 Å². The van der Waals surface area contributed by atoms with Gasteiger partial charge in [0.25, 0.3) is 0 Å². The number of aliphatic carboxylic acids is 1. The van der Waals surface area contributed by atoms with Gasteiger partial charge in [0.2, 0.25) is 11.8 Å². The van der Waals surface area contributed by atoms with Gasteiger partial charge in [0.15, 0.2) is 0 Å². The smallest absolute Gasteiger partial charge is 0.325 e. The largest absolute Gasteiger partial charge is 0.494 e. The van der Waals surface area contributed by atoms with Crippen LogP contribution in [0.25, 0.3) is 0 Å². The van der Waals surface area contributed by atoms with Crippen LogP contribution in [-0.2, 0) is 20.8 Å². The number of likely N-dealkylation sites (tertiary alicyclic amines) is 1. The van der Waals surface area contributed by atoms with Gasteiger partial charge in [-0.2, -0.15) is 0 Å². The molecule has 2 aliphatic heterocycles. The zero-order valence-corrected chi connectivity index (χ0v) is 18.4. The minimum absolute atomic E-state index is 0.0462. The van der Waals surface area contributed by atoms with Crippen molar-refractivity contribution in [3.63, 3.8) is 0 Å². The average Bonchev–Trinajstić information content (AvgIpc) is 3.29. The van der Waals surface area contributed by atoms with Crippen LogP contribution < -0.4 is 10.1 Å². The van der Waals surface area contributed by atoms with Gasteiger partial charge in [-0.15, -0.1) is 0 Å². The van der Waals surface area contributed by atoms with Crippen LogP contribution in [0.15, 0.2) is 54.6 Å². The summed E-state index contributed by atoms with van der Waals surface area (Å²) in [4.78, 5) is 40.3. The quantitative estimate of drug-likeness (QED) is 0.497. The Hall–Kier alpha value is -3.23. The molecule has 4 unspecified atom stereocenters. The monoisotopic (exact) mass is 452 g/mol. The first-order valence-electron chi connectivity index (χ1n) is 11.2. The van der Waals surface area contributed by atoms with Gasteiger partial charge in [-0.1, -0.05) is 49.4 Å². The minimum atomic E-state index is -1.66. The number of amides is 2. The third kappa shape index (κ3) is 4.00. The van der Waals surface area contributed by atoms with Crippen LogP contribution in [0, 0.1) is 11.8 Å². The van der Waals surface area contributed by atoms with Crippen molar-refractivity contribution in [1.82, 2.24) is 10.2 Å². The number of carboxylic acid groups (broad SMARTS) is 1. The number of carbonyl (C=O) groups excluding carboxylic acids is 2. The third-order valence-corrected chi connectivity index (χ3v) is 6.49. The first-order valence-corrected chi connectivity index (χ1v) is 11.2. The maximum atomic E-state index is 13.3. The second-order valence-electron chi connectivity index (χ2n) is 8.53.